The van der Waals surface area contributed by atoms with Crippen LogP contribution in [0.5, 0.6) is 0 Å². The molecule has 156 valence electrons. The molecule has 1 fully saturated rings. The number of piperidine rings is 1. The van der Waals surface area contributed by atoms with E-state index in [1.165, 1.54) is 0 Å². The zero-order valence-electron chi connectivity index (χ0n) is 17.0. The summed E-state index contributed by atoms with van der Waals surface area (Å²) in [4.78, 5) is 31.3. The maximum Gasteiger partial charge on any atom is 0.261 e. The third-order valence-corrected chi connectivity index (χ3v) is 6.07. The number of para-hydroxylation sites is 1. The van der Waals surface area contributed by atoms with E-state index in [0.29, 0.717) is 56.2 Å². The second-order valence-electron chi connectivity index (χ2n) is 8.10. The normalized spacial score (nSPS) is 16.0. The molecule has 0 saturated carbocycles. The smallest absolute Gasteiger partial charge is 0.261 e. The Bertz CT molecular complexity index is 1070. The molecule has 2 aromatic carbocycles. The minimum Gasteiger partial charge on any atom is -0.390 e. The highest BCUT2D eigenvalue weighted by atomic mass is 16.3. The standard InChI is InChI=1S/C24H27N3O3/c28-22(11-10-19-6-2-1-3-7-19)26-15-12-24(30,13-16-26)14-17-27-18-25-21-9-5-4-8-20(21)23(27)29/h1-9,18,30H,10-17H2. The van der Waals surface area contributed by atoms with E-state index in [1.54, 1.807) is 17.0 Å². The van der Waals surface area contributed by atoms with E-state index in [0.717, 1.165) is 12.0 Å². The third-order valence-electron chi connectivity index (χ3n) is 6.07. The van der Waals surface area contributed by atoms with E-state index in [2.05, 4.69) is 4.98 Å². The molecule has 6 heteroatoms. The molecule has 30 heavy (non-hydrogen) atoms. The van der Waals surface area contributed by atoms with Gasteiger partial charge in [-0.2, -0.15) is 0 Å². The quantitative estimate of drug-likeness (QED) is 0.684. The molecule has 0 atom stereocenters. The van der Waals surface area contributed by atoms with Crippen molar-refractivity contribution >= 4 is 16.8 Å². The minimum atomic E-state index is -0.860. The number of hydrogen-bond acceptors (Lipinski definition) is 4. The number of fused-ring (bicyclic) bond motifs is 1. The van der Waals surface area contributed by atoms with E-state index in [4.69, 9.17) is 0 Å². The van der Waals surface area contributed by atoms with Gasteiger partial charge < -0.3 is 10.0 Å². The van der Waals surface area contributed by atoms with E-state index in [1.807, 2.05) is 53.4 Å². The second-order valence-corrected chi connectivity index (χ2v) is 8.10. The van der Waals surface area contributed by atoms with Crippen LogP contribution >= 0.6 is 0 Å². The van der Waals surface area contributed by atoms with Crippen LogP contribution in [0.1, 0.15) is 31.2 Å². The van der Waals surface area contributed by atoms with Crippen LogP contribution in [0.4, 0.5) is 0 Å². The summed E-state index contributed by atoms with van der Waals surface area (Å²) in [6.45, 7) is 1.51. The molecule has 0 aliphatic carbocycles. The molecule has 1 aliphatic rings. The first-order valence-corrected chi connectivity index (χ1v) is 10.5. The fourth-order valence-corrected chi connectivity index (χ4v) is 4.07. The summed E-state index contributed by atoms with van der Waals surface area (Å²) in [5.41, 5.74) is 0.896. The van der Waals surface area contributed by atoms with Gasteiger partial charge in [0, 0.05) is 26.1 Å². The average molecular weight is 405 g/mol. The van der Waals surface area contributed by atoms with E-state index < -0.39 is 5.60 Å². The molecule has 0 bridgehead atoms. The molecule has 6 nitrogen and oxygen atoms in total. The lowest BCUT2D eigenvalue weighted by molar-refractivity contribution is -0.135. The number of aromatic nitrogens is 2. The summed E-state index contributed by atoms with van der Waals surface area (Å²) < 4.78 is 1.57. The summed E-state index contributed by atoms with van der Waals surface area (Å²) in [5.74, 6) is 0.135. The van der Waals surface area contributed by atoms with Crippen molar-refractivity contribution in [1.29, 1.82) is 0 Å². The van der Waals surface area contributed by atoms with Crippen molar-refractivity contribution in [2.24, 2.45) is 0 Å². The van der Waals surface area contributed by atoms with E-state index in [-0.39, 0.29) is 11.5 Å². The lowest BCUT2D eigenvalue weighted by Gasteiger charge is -2.38. The zero-order valence-corrected chi connectivity index (χ0v) is 17.0. The van der Waals surface area contributed by atoms with E-state index >= 15 is 0 Å². The number of rotatable bonds is 6. The van der Waals surface area contributed by atoms with Crippen molar-refractivity contribution in [3.63, 3.8) is 0 Å². The maximum absolute atomic E-state index is 12.6. The largest absolute Gasteiger partial charge is 0.390 e. The van der Waals surface area contributed by atoms with Crippen LogP contribution < -0.4 is 5.56 Å². The van der Waals surface area contributed by atoms with Gasteiger partial charge in [-0.15, -0.1) is 0 Å². The molecule has 0 unspecified atom stereocenters. The van der Waals surface area contributed by atoms with Gasteiger partial charge in [-0.1, -0.05) is 42.5 Å². The molecule has 0 radical (unpaired) electrons. The summed E-state index contributed by atoms with van der Waals surface area (Å²) in [7, 11) is 0. The Morgan fingerprint density at radius 2 is 1.73 bits per heavy atom. The van der Waals surface area contributed by atoms with Crippen molar-refractivity contribution in [2.45, 2.75) is 44.2 Å². The number of aliphatic hydroxyl groups is 1. The number of benzene rings is 2. The van der Waals surface area contributed by atoms with Gasteiger partial charge in [0.1, 0.15) is 0 Å². The fourth-order valence-electron chi connectivity index (χ4n) is 4.07. The number of amides is 1. The Hall–Kier alpha value is -2.99. The highest BCUT2D eigenvalue weighted by Crippen LogP contribution is 2.26. The molecule has 1 N–H and O–H groups in total. The predicted octanol–water partition coefficient (Wildman–Crippen LogP) is 2.77. The first-order valence-electron chi connectivity index (χ1n) is 10.5. The first kappa shape index (κ1) is 20.3. The Morgan fingerprint density at radius 1 is 1.03 bits per heavy atom. The molecule has 1 aromatic heterocycles. The molecule has 1 aliphatic heterocycles. The molecule has 2 heterocycles. The van der Waals surface area contributed by atoms with Gasteiger partial charge in [-0.05, 0) is 43.4 Å². The minimum absolute atomic E-state index is 0.0854. The van der Waals surface area contributed by atoms with Crippen LogP contribution in [-0.4, -0.2) is 44.2 Å². The highest BCUT2D eigenvalue weighted by Gasteiger charge is 2.33. The molecule has 1 saturated heterocycles. The van der Waals surface area contributed by atoms with Gasteiger partial charge in [0.05, 0.1) is 22.8 Å². The van der Waals surface area contributed by atoms with Crippen LogP contribution in [0.25, 0.3) is 10.9 Å². The molecular formula is C24H27N3O3. The van der Waals surface area contributed by atoms with Crippen LogP contribution in [0.15, 0.2) is 65.7 Å². The lowest BCUT2D eigenvalue weighted by Crippen LogP contribution is -2.47. The monoisotopic (exact) mass is 405 g/mol. The summed E-state index contributed by atoms with van der Waals surface area (Å²) >= 11 is 0. The van der Waals surface area contributed by atoms with Crippen molar-refractivity contribution in [2.75, 3.05) is 13.1 Å². The van der Waals surface area contributed by atoms with Crippen molar-refractivity contribution in [3.05, 3.63) is 76.8 Å². The number of aryl methyl sites for hydroxylation is 2. The van der Waals surface area contributed by atoms with Gasteiger partial charge >= 0.3 is 0 Å². The average Bonchev–Trinajstić information content (AvgIpc) is 2.78. The third kappa shape index (κ3) is 4.60. The number of likely N-dealkylation sites (tertiary alicyclic amines) is 1. The number of nitrogens with zero attached hydrogens (tertiary/aromatic N) is 3. The topological polar surface area (TPSA) is 75.4 Å². The second kappa shape index (κ2) is 8.79. The van der Waals surface area contributed by atoms with Crippen LogP contribution in [0.2, 0.25) is 0 Å². The zero-order chi connectivity index (χ0) is 21.0. The van der Waals surface area contributed by atoms with Gasteiger partial charge in [-0.25, -0.2) is 4.98 Å². The fraction of sp³-hybridized carbons (Fsp3) is 0.375. The molecule has 4 rings (SSSR count). The number of carbonyl (C=O) groups excluding carboxylic acids is 1. The highest BCUT2D eigenvalue weighted by molar-refractivity contribution is 5.77. The summed E-state index contributed by atoms with van der Waals surface area (Å²) in [5, 5.41) is 11.6. The Kier molecular flexibility index (Phi) is 5.95. The van der Waals surface area contributed by atoms with Gasteiger partial charge in [0.2, 0.25) is 5.91 Å². The van der Waals surface area contributed by atoms with Crippen LogP contribution in [-0.2, 0) is 17.8 Å². The van der Waals surface area contributed by atoms with Crippen LogP contribution in [0, 0.1) is 0 Å². The summed E-state index contributed by atoms with van der Waals surface area (Å²) in [6, 6.07) is 17.3. The number of hydrogen-bond donors (Lipinski definition) is 1. The van der Waals surface area contributed by atoms with Gasteiger partial charge in [-0.3, -0.25) is 14.2 Å². The Balaban J connectivity index is 1.30. The summed E-state index contributed by atoms with van der Waals surface area (Å²) in [6.07, 6.45) is 4.30. The maximum atomic E-state index is 12.6. The molecular weight excluding hydrogens is 378 g/mol. The first-order chi connectivity index (χ1) is 14.5. The molecule has 3 aromatic rings. The molecule has 0 spiro atoms. The van der Waals surface area contributed by atoms with Crippen molar-refractivity contribution < 1.29 is 9.90 Å². The van der Waals surface area contributed by atoms with Gasteiger partial charge in [0.15, 0.2) is 0 Å². The predicted molar refractivity (Wildman–Crippen MR) is 116 cm³/mol. The van der Waals surface area contributed by atoms with Crippen molar-refractivity contribution in [3.8, 4) is 0 Å². The van der Waals surface area contributed by atoms with Crippen LogP contribution in [0.3, 0.4) is 0 Å². The lowest BCUT2D eigenvalue weighted by atomic mass is 9.88. The van der Waals surface area contributed by atoms with Crippen molar-refractivity contribution in [1.82, 2.24) is 14.5 Å². The van der Waals surface area contributed by atoms with E-state index in [9.17, 15) is 14.7 Å². The van der Waals surface area contributed by atoms with Gasteiger partial charge in [0.25, 0.3) is 5.56 Å². The molecule has 1 amide bonds. The Labute approximate surface area is 175 Å². The number of carbonyl (C=O) groups is 1. The SMILES string of the molecule is O=C(CCc1ccccc1)N1CCC(O)(CCn2cnc3ccccc3c2=O)CC1. The Morgan fingerprint density at radius 3 is 2.50 bits per heavy atom.